The highest BCUT2D eigenvalue weighted by molar-refractivity contribution is 5.85. The number of rotatable bonds is 4. The normalized spacial score (nSPS) is 25.4. The maximum absolute atomic E-state index is 12.4. The van der Waals surface area contributed by atoms with Gasteiger partial charge in [-0.3, -0.25) is 9.59 Å². The van der Waals surface area contributed by atoms with Crippen molar-refractivity contribution in [3.05, 3.63) is 0 Å². The second kappa shape index (κ2) is 10.3. The van der Waals surface area contributed by atoms with E-state index in [1.807, 2.05) is 9.80 Å². The molecular formula is C18H32ClN3O3. The van der Waals surface area contributed by atoms with E-state index in [0.29, 0.717) is 45.8 Å². The van der Waals surface area contributed by atoms with E-state index in [2.05, 4.69) is 5.32 Å². The molecule has 25 heavy (non-hydrogen) atoms. The van der Waals surface area contributed by atoms with E-state index in [4.69, 9.17) is 4.74 Å². The second-order valence-corrected chi connectivity index (χ2v) is 7.33. The quantitative estimate of drug-likeness (QED) is 0.809. The predicted octanol–water partition coefficient (Wildman–Crippen LogP) is 1.43. The Morgan fingerprint density at radius 2 is 1.68 bits per heavy atom. The molecule has 0 aromatic rings. The summed E-state index contributed by atoms with van der Waals surface area (Å²) in [7, 11) is 0. The lowest BCUT2D eigenvalue weighted by atomic mass is 9.86. The lowest BCUT2D eigenvalue weighted by molar-refractivity contribution is -0.142. The molecule has 0 radical (unpaired) electrons. The molecule has 1 N–H and O–H groups in total. The molecule has 2 heterocycles. The van der Waals surface area contributed by atoms with E-state index in [1.165, 1.54) is 32.1 Å². The van der Waals surface area contributed by atoms with Crippen molar-refractivity contribution < 1.29 is 14.3 Å². The smallest absolute Gasteiger partial charge is 0.242 e. The monoisotopic (exact) mass is 373 g/mol. The van der Waals surface area contributed by atoms with E-state index in [-0.39, 0.29) is 30.3 Å². The average Bonchev–Trinajstić information content (AvgIpc) is 2.67. The summed E-state index contributed by atoms with van der Waals surface area (Å²) in [6.07, 6.45) is 8.34. The van der Waals surface area contributed by atoms with Crippen LogP contribution in [-0.4, -0.2) is 73.6 Å². The number of morpholine rings is 1. The van der Waals surface area contributed by atoms with Crippen molar-refractivity contribution in [2.75, 3.05) is 45.9 Å². The van der Waals surface area contributed by atoms with Crippen molar-refractivity contribution in [2.24, 2.45) is 5.92 Å². The summed E-state index contributed by atoms with van der Waals surface area (Å²) in [6, 6.07) is -0.215. The van der Waals surface area contributed by atoms with Gasteiger partial charge in [-0.2, -0.15) is 0 Å². The Morgan fingerprint density at radius 3 is 2.32 bits per heavy atom. The largest absolute Gasteiger partial charge is 0.378 e. The van der Waals surface area contributed by atoms with Crippen molar-refractivity contribution in [1.82, 2.24) is 15.1 Å². The third-order valence-corrected chi connectivity index (χ3v) is 5.65. The van der Waals surface area contributed by atoms with Gasteiger partial charge in [0.15, 0.2) is 0 Å². The van der Waals surface area contributed by atoms with E-state index < -0.39 is 0 Å². The van der Waals surface area contributed by atoms with Crippen LogP contribution in [0.15, 0.2) is 0 Å². The Kier molecular flexibility index (Phi) is 8.46. The van der Waals surface area contributed by atoms with Crippen molar-refractivity contribution in [1.29, 1.82) is 0 Å². The molecule has 3 rings (SSSR count). The molecule has 3 fully saturated rings. The Balaban J connectivity index is 0.00000225. The highest BCUT2D eigenvalue weighted by Crippen LogP contribution is 2.27. The number of carbonyl (C=O) groups is 2. The van der Waals surface area contributed by atoms with Crippen LogP contribution in [0.25, 0.3) is 0 Å². The lowest BCUT2D eigenvalue weighted by Crippen LogP contribution is -2.57. The molecule has 0 bridgehead atoms. The SMILES string of the molecule is Cl.O=C(CCC1CCCCC1)N1CCN(C(=O)C2COCCN2)CC1. The summed E-state index contributed by atoms with van der Waals surface area (Å²) in [4.78, 5) is 28.7. The van der Waals surface area contributed by atoms with Crippen molar-refractivity contribution >= 4 is 24.2 Å². The summed E-state index contributed by atoms with van der Waals surface area (Å²) >= 11 is 0. The van der Waals surface area contributed by atoms with Gasteiger partial charge in [0.05, 0.1) is 13.2 Å². The van der Waals surface area contributed by atoms with Crippen LogP contribution in [0, 0.1) is 5.92 Å². The minimum atomic E-state index is -0.215. The van der Waals surface area contributed by atoms with Gasteiger partial charge in [-0.15, -0.1) is 12.4 Å². The fourth-order valence-corrected chi connectivity index (χ4v) is 4.08. The molecule has 2 amide bonds. The van der Waals surface area contributed by atoms with Crippen LogP contribution in [0.2, 0.25) is 0 Å². The minimum Gasteiger partial charge on any atom is -0.378 e. The summed E-state index contributed by atoms with van der Waals surface area (Å²) in [5.74, 6) is 1.14. The first-order valence-electron chi connectivity index (χ1n) is 9.62. The van der Waals surface area contributed by atoms with Gasteiger partial charge in [-0.25, -0.2) is 0 Å². The van der Waals surface area contributed by atoms with Crippen LogP contribution in [0.3, 0.4) is 0 Å². The number of nitrogens with one attached hydrogen (secondary N) is 1. The van der Waals surface area contributed by atoms with Crippen molar-refractivity contribution in [3.8, 4) is 0 Å². The molecule has 3 aliphatic rings. The number of ether oxygens (including phenoxy) is 1. The summed E-state index contributed by atoms with van der Waals surface area (Å²) in [6.45, 7) is 4.49. The zero-order valence-corrected chi connectivity index (χ0v) is 15.9. The summed E-state index contributed by atoms with van der Waals surface area (Å²) < 4.78 is 5.37. The second-order valence-electron chi connectivity index (χ2n) is 7.33. The zero-order chi connectivity index (χ0) is 16.8. The topological polar surface area (TPSA) is 61.9 Å². The molecule has 1 atom stereocenters. The van der Waals surface area contributed by atoms with Crippen LogP contribution in [0.1, 0.15) is 44.9 Å². The van der Waals surface area contributed by atoms with Gasteiger partial charge >= 0.3 is 0 Å². The van der Waals surface area contributed by atoms with Gasteiger partial charge in [0.2, 0.25) is 11.8 Å². The van der Waals surface area contributed by atoms with E-state index >= 15 is 0 Å². The molecule has 7 heteroatoms. The third kappa shape index (κ3) is 5.83. The zero-order valence-electron chi connectivity index (χ0n) is 15.1. The van der Waals surface area contributed by atoms with E-state index in [1.54, 1.807) is 0 Å². The Bertz CT molecular complexity index is 429. The van der Waals surface area contributed by atoms with Crippen LogP contribution in [0.5, 0.6) is 0 Å². The summed E-state index contributed by atoms with van der Waals surface area (Å²) in [5, 5.41) is 3.21. The minimum absolute atomic E-state index is 0. The Labute approximate surface area is 157 Å². The van der Waals surface area contributed by atoms with Gasteiger partial charge in [-0.05, 0) is 12.3 Å². The lowest BCUT2D eigenvalue weighted by Gasteiger charge is -2.37. The number of halogens is 1. The number of hydrogen-bond acceptors (Lipinski definition) is 4. The molecule has 0 spiro atoms. The van der Waals surface area contributed by atoms with Crippen molar-refractivity contribution in [3.63, 3.8) is 0 Å². The molecule has 0 aromatic heterocycles. The predicted molar refractivity (Wildman–Crippen MR) is 98.8 cm³/mol. The third-order valence-electron chi connectivity index (χ3n) is 5.65. The van der Waals surface area contributed by atoms with Crippen LogP contribution in [-0.2, 0) is 14.3 Å². The number of nitrogens with zero attached hydrogens (tertiary/aromatic N) is 2. The van der Waals surface area contributed by atoms with Crippen LogP contribution >= 0.6 is 12.4 Å². The molecule has 1 aliphatic carbocycles. The van der Waals surface area contributed by atoms with Gasteiger partial charge in [0, 0.05) is 39.1 Å². The molecule has 6 nitrogen and oxygen atoms in total. The maximum Gasteiger partial charge on any atom is 0.242 e. The van der Waals surface area contributed by atoms with Gasteiger partial charge in [0.1, 0.15) is 6.04 Å². The molecule has 144 valence electrons. The fourth-order valence-electron chi connectivity index (χ4n) is 4.08. The molecule has 2 aliphatic heterocycles. The van der Waals surface area contributed by atoms with Crippen molar-refractivity contribution in [2.45, 2.75) is 51.0 Å². The van der Waals surface area contributed by atoms with Gasteiger partial charge < -0.3 is 19.9 Å². The van der Waals surface area contributed by atoms with Crippen LogP contribution in [0.4, 0.5) is 0 Å². The summed E-state index contributed by atoms with van der Waals surface area (Å²) in [5.41, 5.74) is 0. The highest BCUT2D eigenvalue weighted by Gasteiger charge is 2.30. The van der Waals surface area contributed by atoms with Crippen LogP contribution < -0.4 is 5.32 Å². The first-order valence-corrected chi connectivity index (χ1v) is 9.62. The van der Waals surface area contributed by atoms with E-state index in [0.717, 1.165) is 18.9 Å². The Hall–Kier alpha value is -0.850. The first kappa shape index (κ1) is 20.5. The van der Waals surface area contributed by atoms with Gasteiger partial charge in [0.25, 0.3) is 0 Å². The number of amides is 2. The van der Waals surface area contributed by atoms with Gasteiger partial charge in [-0.1, -0.05) is 32.1 Å². The maximum atomic E-state index is 12.4. The Morgan fingerprint density at radius 1 is 1.00 bits per heavy atom. The molecule has 0 aromatic carbocycles. The standard InChI is InChI=1S/C18H31N3O3.ClH/c22-17(7-6-15-4-2-1-3-5-15)20-9-11-21(12-10-20)18(23)16-14-24-13-8-19-16;/h15-16,19H,1-14H2;1H. The fraction of sp³-hybridized carbons (Fsp3) is 0.889. The number of piperazine rings is 1. The molecule has 2 saturated heterocycles. The number of carbonyl (C=O) groups excluding carboxylic acids is 2. The highest BCUT2D eigenvalue weighted by atomic mass is 35.5. The average molecular weight is 374 g/mol. The molecule has 1 unspecified atom stereocenters. The number of hydrogen-bond donors (Lipinski definition) is 1. The molecular weight excluding hydrogens is 342 g/mol. The van der Waals surface area contributed by atoms with E-state index in [9.17, 15) is 9.59 Å². The first-order chi connectivity index (χ1) is 11.7. The molecule has 1 saturated carbocycles.